The fourth-order valence-electron chi connectivity index (χ4n) is 8.16. The molecule has 1 unspecified atom stereocenters. The van der Waals surface area contributed by atoms with Gasteiger partial charge in [-0.05, 0) is 34.4 Å². The maximum atomic E-state index is 6.55. The SMILES string of the molecule is [CH2-]c1cc(-c2ccccc2)ccc1-c1ccc([Si](C)(C)C)c[n+]1[CH2-].[CH2-]c1cc(C)c2c(oc3ccc(-c4ccccc4)cc32)c1-c1cc(C(C)c2ccccc2)cc[n+]1[CH2-].[Ir]. The van der Waals surface area contributed by atoms with Crippen LogP contribution in [0.25, 0.3) is 66.7 Å². The number of rotatable bonds is 7. The molecule has 0 saturated heterocycles. The first-order valence-corrected chi connectivity index (χ1v) is 24.1. The maximum absolute atomic E-state index is 6.55. The van der Waals surface area contributed by atoms with Crippen molar-refractivity contribution in [2.24, 2.45) is 0 Å². The molecule has 3 nitrogen and oxygen atoms in total. The van der Waals surface area contributed by atoms with Crippen LogP contribution >= 0.6 is 0 Å². The Balaban J connectivity index is 0.000000196. The van der Waals surface area contributed by atoms with E-state index in [1.165, 1.54) is 38.6 Å². The van der Waals surface area contributed by atoms with Gasteiger partial charge in [0.15, 0.2) is 0 Å². The molecule has 0 fully saturated rings. The van der Waals surface area contributed by atoms with Crippen molar-refractivity contribution >= 4 is 35.2 Å². The monoisotopic (exact) mass is 989 g/mol. The summed E-state index contributed by atoms with van der Waals surface area (Å²) in [6.45, 7) is 20.1. The third-order valence-electron chi connectivity index (χ3n) is 11.6. The number of fused-ring (bicyclic) bond motifs is 3. The Morgan fingerprint density at radius 3 is 1.79 bits per heavy atom. The second-order valence-corrected chi connectivity index (χ2v) is 21.9. The van der Waals surface area contributed by atoms with E-state index in [2.05, 4.69) is 213 Å². The molecule has 0 N–H and O–H groups in total. The molecular formula is C56H52IrN2OSi-2. The van der Waals surface area contributed by atoms with Crippen molar-refractivity contribution in [1.82, 2.24) is 0 Å². The quantitative estimate of drug-likeness (QED) is 0.0885. The van der Waals surface area contributed by atoms with E-state index in [0.29, 0.717) is 0 Å². The van der Waals surface area contributed by atoms with Gasteiger partial charge in [-0.1, -0.05) is 188 Å². The minimum Gasteiger partial charge on any atom is -0.469 e. The number of aryl methyl sites for hydroxylation is 1. The van der Waals surface area contributed by atoms with E-state index in [9.17, 15) is 0 Å². The normalized spacial score (nSPS) is 11.8. The molecule has 0 spiro atoms. The zero-order chi connectivity index (χ0) is 42.1. The summed E-state index contributed by atoms with van der Waals surface area (Å²) < 4.78 is 10.5. The molecule has 0 aliphatic heterocycles. The van der Waals surface area contributed by atoms with E-state index >= 15 is 0 Å². The summed E-state index contributed by atoms with van der Waals surface area (Å²) >= 11 is 0. The number of pyridine rings is 2. The molecule has 9 rings (SSSR count). The summed E-state index contributed by atoms with van der Waals surface area (Å²) in [5, 5.41) is 3.66. The summed E-state index contributed by atoms with van der Waals surface area (Å²) in [6.07, 6.45) is 4.21. The van der Waals surface area contributed by atoms with E-state index in [1.54, 1.807) is 0 Å². The third kappa shape index (κ3) is 8.83. The predicted molar refractivity (Wildman–Crippen MR) is 254 cm³/mol. The van der Waals surface area contributed by atoms with Gasteiger partial charge in [0.25, 0.3) is 0 Å². The Morgan fingerprint density at radius 1 is 0.574 bits per heavy atom. The van der Waals surface area contributed by atoms with Crippen molar-refractivity contribution < 1.29 is 33.7 Å². The van der Waals surface area contributed by atoms with Gasteiger partial charge in [0.2, 0.25) is 0 Å². The topological polar surface area (TPSA) is 20.9 Å². The van der Waals surface area contributed by atoms with Gasteiger partial charge >= 0.3 is 0 Å². The van der Waals surface area contributed by atoms with Gasteiger partial charge in [0.05, 0.1) is 37.4 Å². The largest absolute Gasteiger partial charge is 0.469 e. The Labute approximate surface area is 376 Å². The molecule has 3 aromatic heterocycles. The molecule has 1 atom stereocenters. The number of furan rings is 1. The van der Waals surface area contributed by atoms with Crippen LogP contribution in [0.4, 0.5) is 0 Å². The van der Waals surface area contributed by atoms with E-state index in [4.69, 9.17) is 4.42 Å². The van der Waals surface area contributed by atoms with Gasteiger partial charge in [-0.15, -0.1) is 11.6 Å². The van der Waals surface area contributed by atoms with Crippen LogP contribution in [0.15, 0.2) is 175 Å². The molecule has 9 aromatic rings. The van der Waals surface area contributed by atoms with Gasteiger partial charge < -0.3 is 13.6 Å². The molecule has 0 bridgehead atoms. The number of hydrogen-bond acceptors (Lipinski definition) is 1. The second-order valence-electron chi connectivity index (χ2n) is 16.8. The zero-order valence-electron chi connectivity index (χ0n) is 35.7. The first-order valence-electron chi connectivity index (χ1n) is 20.6. The van der Waals surface area contributed by atoms with Crippen LogP contribution in [0.1, 0.15) is 40.7 Å². The first kappa shape index (κ1) is 42.9. The van der Waals surface area contributed by atoms with Crippen molar-refractivity contribution in [2.75, 3.05) is 0 Å². The van der Waals surface area contributed by atoms with Gasteiger partial charge in [-0.3, -0.25) is 0 Å². The van der Waals surface area contributed by atoms with E-state index in [0.717, 1.165) is 61.1 Å². The average Bonchev–Trinajstić information content (AvgIpc) is 3.64. The van der Waals surface area contributed by atoms with Crippen molar-refractivity contribution in [3.63, 3.8) is 0 Å². The van der Waals surface area contributed by atoms with Gasteiger partial charge in [-0.25, -0.2) is 0 Å². The van der Waals surface area contributed by atoms with Crippen LogP contribution in [0.5, 0.6) is 0 Å². The van der Waals surface area contributed by atoms with Gasteiger partial charge in [-0.2, -0.15) is 37.1 Å². The molecule has 0 saturated carbocycles. The number of hydrogen-bond donors (Lipinski definition) is 0. The maximum Gasteiger partial charge on any atom is 0.133 e. The average molecular weight is 989 g/mol. The molecule has 6 aromatic carbocycles. The van der Waals surface area contributed by atoms with Gasteiger partial charge in [0, 0.05) is 50.9 Å². The third-order valence-corrected chi connectivity index (χ3v) is 13.7. The molecule has 1 radical (unpaired) electrons. The van der Waals surface area contributed by atoms with Crippen LogP contribution in [0.2, 0.25) is 19.6 Å². The molecule has 61 heavy (non-hydrogen) atoms. The fourth-order valence-corrected chi connectivity index (χ4v) is 9.29. The molecular weight excluding hydrogens is 937 g/mol. The van der Waals surface area contributed by atoms with Crippen molar-refractivity contribution in [3.8, 4) is 44.8 Å². The smallest absolute Gasteiger partial charge is 0.133 e. The fraction of sp³-hybridized carbons (Fsp3) is 0.107. The summed E-state index contributed by atoms with van der Waals surface area (Å²) in [6, 6.07) is 55.3. The molecule has 0 aliphatic carbocycles. The first-order chi connectivity index (χ1) is 28.9. The van der Waals surface area contributed by atoms with Crippen LogP contribution in [-0.2, 0) is 20.1 Å². The van der Waals surface area contributed by atoms with Crippen molar-refractivity contribution in [2.45, 2.75) is 39.4 Å². The minimum absolute atomic E-state index is 0. The summed E-state index contributed by atoms with van der Waals surface area (Å²) in [4.78, 5) is 0. The zero-order valence-corrected chi connectivity index (χ0v) is 39.1. The standard InChI is InChI=1S/C34H28NO.C22H24NSi.Ir/c1-22-19-23(2)33(30-21-27(17-18-35(30)4)24(3)25-11-7-5-8-12-25)34-32(22)29-20-28(15-16-31(29)36-34)26-13-9-6-10-14-26;1-17-15-19(18-9-7-6-8-10-18)11-13-21(17)22-14-12-20(16-23(22)2)24(3,4)5;/h5-21,24H,2,4H2,1,3H3;6-16H,1-2H2,3-5H3;/q2*-1;. The van der Waals surface area contributed by atoms with Gasteiger partial charge in [0.1, 0.15) is 5.58 Å². The minimum atomic E-state index is -1.33. The van der Waals surface area contributed by atoms with E-state index in [-0.39, 0.29) is 26.0 Å². The van der Waals surface area contributed by atoms with Crippen LogP contribution in [0, 0.1) is 34.9 Å². The molecule has 5 heteroatoms. The Kier molecular flexibility index (Phi) is 12.5. The van der Waals surface area contributed by atoms with Crippen LogP contribution in [0.3, 0.4) is 0 Å². The van der Waals surface area contributed by atoms with E-state index in [1.807, 2.05) is 27.5 Å². The summed E-state index contributed by atoms with van der Waals surface area (Å²) in [5.74, 6) is 0.254. The molecule has 0 amide bonds. The van der Waals surface area contributed by atoms with E-state index < -0.39 is 8.07 Å². The molecule has 307 valence electrons. The summed E-state index contributed by atoms with van der Waals surface area (Å²) in [7, 11) is 7.17. The second kappa shape index (κ2) is 17.8. The van der Waals surface area contributed by atoms with Crippen LogP contribution < -0.4 is 14.3 Å². The summed E-state index contributed by atoms with van der Waals surface area (Å²) in [5.41, 5.74) is 16.4. The van der Waals surface area contributed by atoms with Crippen molar-refractivity contribution in [3.05, 3.63) is 226 Å². The predicted octanol–water partition coefficient (Wildman–Crippen LogP) is 13.2. The number of benzene rings is 6. The number of aromatic nitrogens is 2. The Bertz CT molecular complexity index is 2970. The number of nitrogens with zero attached hydrogens (tertiary/aromatic N) is 2. The molecule has 3 heterocycles. The van der Waals surface area contributed by atoms with Crippen molar-refractivity contribution in [1.29, 1.82) is 0 Å². The Hall–Kier alpha value is -6.23. The van der Waals surface area contributed by atoms with Crippen LogP contribution in [-0.4, -0.2) is 8.07 Å². The Morgan fingerprint density at radius 2 is 1.18 bits per heavy atom. The molecule has 0 aliphatic rings.